The first kappa shape index (κ1) is 16.0. The predicted octanol–water partition coefficient (Wildman–Crippen LogP) is 4.30. The molecule has 0 aliphatic rings. The van der Waals surface area contributed by atoms with Gasteiger partial charge in [0.2, 0.25) is 0 Å². The Labute approximate surface area is 142 Å². The first-order chi connectivity index (χ1) is 11.6. The lowest BCUT2D eigenvalue weighted by Crippen LogP contribution is -2.13. The number of aryl methyl sites for hydroxylation is 2. The van der Waals surface area contributed by atoms with Gasteiger partial charge >= 0.3 is 0 Å². The van der Waals surface area contributed by atoms with E-state index in [-0.39, 0.29) is 5.91 Å². The molecular formula is C20H21N3O. The smallest absolute Gasteiger partial charge is 0.259 e. The van der Waals surface area contributed by atoms with Crippen molar-refractivity contribution in [2.45, 2.75) is 27.2 Å². The lowest BCUT2D eigenvalue weighted by Gasteiger charge is -2.10. The summed E-state index contributed by atoms with van der Waals surface area (Å²) in [6.45, 7) is 6.05. The molecule has 122 valence electrons. The monoisotopic (exact) mass is 319 g/mol. The van der Waals surface area contributed by atoms with Crippen molar-refractivity contribution < 1.29 is 4.79 Å². The molecule has 4 nitrogen and oxygen atoms in total. The van der Waals surface area contributed by atoms with Crippen molar-refractivity contribution in [2.24, 2.45) is 0 Å². The van der Waals surface area contributed by atoms with E-state index in [9.17, 15) is 4.79 Å². The van der Waals surface area contributed by atoms with Gasteiger partial charge in [0, 0.05) is 5.69 Å². The third-order valence-electron chi connectivity index (χ3n) is 4.16. The Balaban J connectivity index is 1.89. The van der Waals surface area contributed by atoms with Crippen molar-refractivity contribution in [3.8, 4) is 5.69 Å². The normalized spacial score (nSPS) is 10.6. The van der Waals surface area contributed by atoms with Crippen LogP contribution in [0.3, 0.4) is 0 Å². The Morgan fingerprint density at radius 1 is 1.08 bits per heavy atom. The number of carbonyl (C=O) groups is 1. The molecule has 0 unspecified atom stereocenters. The molecule has 0 aliphatic carbocycles. The average molecular weight is 319 g/mol. The van der Waals surface area contributed by atoms with E-state index in [0.717, 1.165) is 29.1 Å². The fourth-order valence-corrected chi connectivity index (χ4v) is 2.73. The van der Waals surface area contributed by atoms with Crippen molar-refractivity contribution in [2.75, 3.05) is 5.32 Å². The molecule has 1 heterocycles. The van der Waals surface area contributed by atoms with Crippen LogP contribution in [0.5, 0.6) is 0 Å². The number of hydrogen-bond donors (Lipinski definition) is 1. The fraction of sp³-hybridized carbons (Fsp3) is 0.200. The summed E-state index contributed by atoms with van der Waals surface area (Å²) in [6.07, 6.45) is 2.55. The van der Waals surface area contributed by atoms with E-state index in [1.807, 2.05) is 61.0 Å². The number of nitrogens with zero attached hydrogens (tertiary/aromatic N) is 2. The number of para-hydroxylation sites is 1. The Bertz CT molecular complexity index is 863. The van der Waals surface area contributed by atoms with Crippen LogP contribution >= 0.6 is 0 Å². The second kappa shape index (κ2) is 6.71. The minimum atomic E-state index is -0.142. The van der Waals surface area contributed by atoms with Gasteiger partial charge in [-0.2, -0.15) is 5.10 Å². The Kier molecular flexibility index (Phi) is 4.47. The van der Waals surface area contributed by atoms with Gasteiger partial charge in [0.15, 0.2) is 0 Å². The van der Waals surface area contributed by atoms with Gasteiger partial charge in [0.1, 0.15) is 0 Å². The fourth-order valence-electron chi connectivity index (χ4n) is 2.73. The number of hydrogen-bond acceptors (Lipinski definition) is 2. The molecule has 4 heteroatoms. The first-order valence-corrected chi connectivity index (χ1v) is 8.11. The summed E-state index contributed by atoms with van der Waals surface area (Å²) in [5, 5.41) is 7.35. The van der Waals surface area contributed by atoms with E-state index in [1.54, 1.807) is 6.20 Å². The van der Waals surface area contributed by atoms with Crippen molar-refractivity contribution in [3.05, 3.63) is 77.1 Å². The third kappa shape index (κ3) is 3.08. The molecule has 1 aromatic heterocycles. The minimum Gasteiger partial charge on any atom is -0.322 e. The van der Waals surface area contributed by atoms with E-state index in [4.69, 9.17) is 0 Å². The zero-order valence-electron chi connectivity index (χ0n) is 14.2. The summed E-state index contributed by atoms with van der Waals surface area (Å²) in [6, 6.07) is 15.9. The molecule has 0 atom stereocenters. The van der Waals surface area contributed by atoms with E-state index in [0.29, 0.717) is 5.56 Å². The van der Waals surface area contributed by atoms with Crippen LogP contribution in [0, 0.1) is 13.8 Å². The molecule has 3 aromatic rings. The predicted molar refractivity (Wildman–Crippen MR) is 96.8 cm³/mol. The molecule has 0 bridgehead atoms. The molecule has 0 radical (unpaired) electrons. The summed E-state index contributed by atoms with van der Waals surface area (Å²) in [5.41, 5.74) is 5.59. The van der Waals surface area contributed by atoms with Gasteiger partial charge in [-0.05, 0) is 44.0 Å². The average Bonchev–Trinajstić information content (AvgIpc) is 2.98. The van der Waals surface area contributed by atoms with Crippen molar-refractivity contribution in [3.63, 3.8) is 0 Å². The number of aromatic nitrogens is 2. The summed E-state index contributed by atoms with van der Waals surface area (Å²) in [7, 11) is 0. The molecule has 0 aliphatic heterocycles. The maximum atomic E-state index is 12.6. The highest BCUT2D eigenvalue weighted by Gasteiger charge is 2.16. The van der Waals surface area contributed by atoms with Gasteiger partial charge in [-0.3, -0.25) is 4.79 Å². The van der Waals surface area contributed by atoms with Gasteiger partial charge in [-0.25, -0.2) is 4.68 Å². The second-order valence-corrected chi connectivity index (χ2v) is 5.86. The van der Waals surface area contributed by atoms with Crippen molar-refractivity contribution in [1.29, 1.82) is 0 Å². The lowest BCUT2D eigenvalue weighted by atomic mass is 10.1. The molecule has 0 saturated heterocycles. The van der Waals surface area contributed by atoms with Crippen LogP contribution in [-0.4, -0.2) is 15.7 Å². The van der Waals surface area contributed by atoms with Crippen molar-refractivity contribution in [1.82, 2.24) is 9.78 Å². The molecular weight excluding hydrogens is 298 g/mol. The highest BCUT2D eigenvalue weighted by molar-refractivity contribution is 6.05. The highest BCUT2D eigenvalue weighted by Crippen LogP contribution is 2.19. The number of benzene rings is 2. The number of nitrogens with one attached hydrogen (secondary N) is 1. The summed E-state index contributed by atoms with van der Waals surface area (Å²) in [4.78, 5) is 12.6. The van der Waals surface area contributed by atoms with Crippen LogP contribution in [0.4, 0.5) is 5.69 Å². The second-order valence-electron chi connectivity index (χ2n) is 5.86. The maximum absolute atomic E-state index is 12.6. The van der Waals surface area contributed by atoms with Crippen LogP contribution < -0.4 is 5.32 Å². The zero-order valence-corrected chi connectivity index (χ0v) is 14.2. The summed E-state index contributed by atoms with van der Waals surface area (Å²) in [5.74, 6) is -0.142. The molecule has 0 fully saturated rings. The van der Waals surface area contributed by atoms with E-state index in [2.05, 4.69) is 23.4 Å². The Morgan fingerprint density at radius 2 is 1.79 bits per heavy atom. The van der Waals surface area contributed by atoms with Gasteiger partial charge in [-0.15, -0.1) is 0 Å². The summed E-state index contributed by atoms with van der Waals surface area (Å²) < 4.78 is 1.84. The highest BCUT2D eigenvalue weighted by atomic mass is 16.1. The van der Waals surface area contributed by atoms with Gasteiger partial charge in [0.25, 0.3) is 5.91 Å². The number of amides is 1. The van der Waals surface area contributed by atoms with E-state index in [1.165, 1.54) is 5.56 Å². The SMILES string of the molecule is CCc1ccccc1-n1ncc(C(=O)Nc2ccc(C)cc2)c1C. The van der Waals surface area contributed by atoms with Gasteiger partial charge in [0.05, 0.1) is 23.1 Å². The van der Waals surface area contributed by atoms with E-state index < -0.39 is 0 Å². The largest absolute Gasteiger partial charge is 0.322 e. The standard InChI is InChI=1S/C20H21N3O/c1-4-16-7-5-6-8-19(16)23-15(3)18(13-21-23)20(24)22-17-11-9-14(2)10-12-17/h5-13H,4H2,1-3H3,(H,22,24). The topological polar surface area (TPSA) is 46.9 Å². The molecule has 3 rings (SSSR count). The summed E-state index contributed by atoms with van der Waals surface area (Å²) >= 11 is 0. The van der Waals surface area contributed by atoms with Crippen LogP contribution in [0.1, 0.15) is 34.1 Å². The third-order valence-corrected chi connectivity index (χ3v) is 4.16. The molecule has 0 saturated carbocycles. The molecule has 1 N–H and O–H groups in total. The van der Waals surface area contributed by atoms with Crippen LogP contribution in [0.25, 0.3) is 5.69 Å². The molecule has 2 aromatic carbocycles. The Morgan fingerprint density at radius 3 is 2.50 bits per heavy atom. The molecule has 0 spiro atoms. The maximum Gasteiger partial charge on any atom is 0.259 e. The minimum absolute atomic E-state index is 0.142. The van der Waals surface area contributed by atoms with Crippen molar-refractivity contribution >= 4 is 11.6 Å². The number of carbonyl (C=O) groups excluding carboxylic acids is 1. The van der Waals surface area contributed by atoms with Gasteiger partial charge in [-0.1, -0.05) is 42.8 Å². The zero-order chi connectivity index (χ0) is 17.1. The van der Waals surface area contributed by atoms with Crippen LogP contribution in [0.2, 0.25) is 0 Å². The quantitative estimate of drug-likeness (QED) is 0.779. The van der Waals surface area contributed by atoms with Crippen LogP contribution in [0.15, 0.2) is 54.7 Å². The first-order valence-electron chi connectivity index (χ1n) is 8.11. The molecule has 1 amide bonds. The molecule has 24 heavy (non-hydrogen) atoms. The number of rotatable bonds is 4. The van der Waals surface area contributed by atoms with Crippen LogP contribution in [-0.2, 0) is 6.42 Å². The van der Waals surface area contributed by atoms with Gasteiger partial charge < -0.3 is 5.32 Å². The Hall–Kier alpha value is -2.88. The lowest BCUT2D eigenvalue weighted by molar-refractivity contribution is 0.102. The number of anilines is 1. The van der Waals surface area contributed by atoms with E-state index >= 15 is 0 Å².